The number of rotatable bonds is 5. The lowest BCUT2D eigenvalue weighted by atomic mass is 9.84. The summed E-state index contributed by atoms with van der Waals surface area (Å²) in [4.78, 5) is 0. The van der Waals surface area contributed by atoms with E-state index in [1.165, 1.54) is 0 Å². The first-order valence-electron chi connectivity index (χ1n) is 23.2. The van der Waals surface area contributed by atoms with Gasteiger partial charge in [-0.1, -0.05) is 169 Å². The maximum atomic E-state index is 9.58. The Labute approximate surface area is 297 Å². The van der Waals surface area contributed by atoms with Gasteiger partial charge in [-0.05, 0) is 67.1 Å². The van der Waals surface area contributed by atoms with Crippen molar-refractivity contribution in [1.82, 2.24) is 0 Å². The normalized spacial score (nSPS) is 16.5. The van der Waals surface area contributed by atoms with Crippen molar-refractivity contribution < 1.29 is 27.7 Å². The standard InChI is InChI=1S/C46H30O/c1-4-16-31(17-5-1)34-28-29-42-41(30-34)45(46(47-42)40-27-15-10-22-35(40)32-18-6-2-7-19-32)44-38-25-13-11-23-36(38)43(33-20-8-3-9-21-33)37-24-12-14-26-39(37)44/h1-30H/i2D,6D,7D,10D,11D,12D,13D,14D,15D,18D,19D,22D,23D,24D,25D,26D,27D. The predicted molar refractivity (Wildman–Crippen MR) is 198 cm³/mol. The molecule has 47 heavy (non-hydrogen) atoms. The van der Waals surface area contributed by atoms with Gasteiger partial charge in [-0.25, -0.2) is 0 Å². The Kier molecular flexibility index (Phi) is 3.60. The summed E-state index contributed by atoms with van der Waals surface area (Å²) in [5, 5.41) is -0.468. The summed E-state index contributed by atoms with van der Waals surface area (Å²) in [6.07, 6.45) is 0. The van der Waals surface area contributed by atoms with Gasteiger partial charge in [-0.2, -0.15) is 0 Å². The Balaban J connectivity index is 1.64. The topological polar surface area (TPSA) is 13.1 Å². The van der Waals surface area contributed by atoms with Crippen molar-refractivity contribution in [3.8, 4) is 55.8 Å². The number of benzene rings is 8. The van der Waals surface area contributed by atoms with Gasteiger partial charge in [0.1, 0.15) is 11.3 Å². The molecule has 0 saturated heterocycles. The van der Waals surface area contributed by atoms with E-state index in [0.717, 1.165) is 5.56 Å². The summed E-state index contributed by atoms with van der Waals surface area (Å²) in [5.74, 6) is -0.399. The number of fused-ring (bicyclic) bond motifs is 3. The SMILES string of the molecule is [2H]c1c([2H])c([2H])c(-c2c([2H])c([2H])c([2H])c([2H])c2-c2oc3ccc(-c4ccccc4)cc3c2-c2c3c([2H])c([2H])c([2H])c([2H])c3c(-c3ccccc3)c3c([2H])c([2H])c([2H])c([2H])c23)c([2H])c1[2H]. The van der Waals surface area contributed by atoms with Gasteiger partial charge < -0.3 is 4.42 Å². The third-order valence-corrected chi connectivity index (χ3v) is 8.15. The molecule has 0 aliphatic heterocycles. The molecule has 0 amide bonds. The minimum absolute atomic E-state index is 0.0687. The molecule has 0 atom stereocenters. The van der Waals surface area contributed by atoms with Crippen molar-refractivity contribution in [3.63, 3.8) is 0 Å². The molecule has 0 saturated carbocycles. The van der Waals surface area contributed by atoms with Crippen LogP contribution < -0.4 is 0 Å². The molecule has 1 aromatic heterocycles. The van der Waals surface area contributed by atoms with Crippen molar-refractivity contribution in [2.24, 2.45) is 0 Å². The highest BCUT2D eigenvalue weighted by Gasteiger charge is 2.25. The van der Waals surface area contributed by atoms with E-state index in [0.29, 0.717) is 11.1 Å². The molecule has 0 unspecified atom stereocenters. The first-order valence-corrected chi connectivity index (χ1v) is 14.7. The number of hydrogen-bond acceptors (Lipinski definition) is 1. The second-order valence-electron chi connectivity index (χ2n) is 10.7. The highest BCUT2D eigenvalue weighted by molar-refractivity contribution is 6.25. The Morgan fingerprint density at radius 1 is 0.362 bits per heavy atom. The van der Waals surface area contributed by atoms with Crippen LogP contribution in [0.15, 0.2) is 186 Å². The predicted octanol–water partition coefficient (Wildman–Crippen LogP) is 13.1. The summed E-state index contributed by atoms with van der Waals surface area (Å²) >= 11 is 0. The molecule has 0 fully saturated rings. The molecule has 9 aromatic rings. The fraction of sp³-hybridized carbons (Fsp3) is 0. The average molecular weight is 616 g/mol. The van der Waals surface area contributed by atoms with E-state index in [4.69, 9.17) is 19.5 Å². The van der Waals surface area contributed by atoms with Crippen LogP contribution in [0.2, 0.25) is 0 Å². The molecule has 1 nitrogen and oxygen atoms in total. The summed E-state index contributed by atoms with van der Waals surface area (Å²) in [7, 11) is 0. The van der Waals surface area contributed by atoms with Gasteiger partial charge in [-0.15, -0.1) is 0 Å². The summed E-state index contributed by atoms with van der Waals surface area (Å²) in [6.45, 7) is 0. The third-order valence-electron chi connectivity index (χ3n) is 8.15. The van der Waals surface area contributed by atoms with E-state index in [1.807, 2.05) is 30.3 Å². The summed E-state index contributed by atoms with van der Waals surface area (Å²) in [5.41, 5.74) is -0.0763. The fourth-order valence-electron chi connectivity index (χ4n) is 6.15. The van der Waals surface area contributed by atoms with Crippen LogP contribution in [-0.4, -0.2) is 0 Å². The van der Waals surface area contributed by atoms with Gasteiger partial charge >= 0.3 is 0 Å². The molecule has 0 aliphatic rings. The molecule has 0 N–H and O–H groups in total. The Morgan fingerprint density at radius 2 is 0.894 bits per heavy atom. The van der Waals surface area contributed by atoms with Gasteiger partial charge in [0.05, 0.1) is 23.3 Å². The lowest BCUT2D eigenvalue weighted by Gasteiger charge is -2.18. The minimum atomic E-state index is -0.800. The van der Waals surface area contributed by atoms with E-state index in [9.17, 15) is 8.22 Å². The minimum Gasteiger partial charge on any atom is -0.455 e. The highest BCUT2D eigenvalue weighted by atomic mass is 16.3. The zero-order valence-electron chi connectivity index (χ0n) is 41.4. The zero-order chi connectivity index (χ0) is 46.0. The van der Waals surface area contributed by atoms with Gasteiger partial charge in [0.15, 0.2) is 0 Å². The van der Waals surface area contributed by atoms with Crippen LogP contribution in [0.3, 0.4) is 0 Å². The van der Waals surface area contributed by atoms with Crippen LogP contribution in [0.4, 0.5) is 0 Å². The van der Waals surface area contributed by atoms with E-state index >= 15 is 0 Å². The molecule has 8 aromatic carbocycles. The lowest BCUT2D eigenvalue weighted by molar-refractivity contribution is 0.633. The van der Waals surface area contributed by atoms with Gasteiger partial charge in [0.25, 0.3) is 0 Å². The molecule has 0 spiro atoms. The van der Waals surface area contributed by atoms with Crippen molar-refractivity contribution >= 4 is 32.5 Å². The van der Waals surface area contributed by atoms with Gasteiger partial charge in [-0.3, -0.25) is 0 Å². The summed E-state index contributed by atoms with van der Waals surface area (Å²) in [6, 6.07) is 10.5. The van der Waals surface area contributed by atoms with Crippen molar-refractivity contribution in [2.75, 3.05) is 0 Å². The fourth-order valence-corrected chi connectivity index (χ4v) is 6.15. The molecule has 9 rings (SSSR count). The maximum absolute atomic E-state index is 9.58. The molecule has 1 heterocycles. The van der Waals surface area contributed by atoms with Crippen LogP contribution in [-0.2, 0) is 0 Å². The smallest absolute Gasteiger partial charge is 0.143 e. The van der Waals surface area contributed by atoms with Crippen molar-refractivity contribution in [1.29, 1.82) is 0 Å². The van der Waals surface area contributed by atoms with E-state index < -0.39 is 125 Å². The second kappa shape index (κ2) is 11.3. The Morgan fingerprint density at radius 3 is 1.53 bits per heavy atom. The molecule has 0 radical (unpaired) electrons. The maximum Gasteiger partial charge on any atom is 0.143 e. The van der Waals surface area contributed by atoms with E-state index in [-0.39, 0.29) is 49.2 Å². The Hall–Kier alpha value is -6.18. The molecular weight excluding hydrogens is 569 g/mol. The molecule has 0 aliphatic carbocycles. The quantitative estimate of drug-likeness (QED) is 0.176. The monoisotopic (exact) mass is 615 g/mol. The molecule has 0 bridgehead atoms. The van der Waals surface area contributed by atoms with Crippen LogP contribution in [0.5, 0.6) is 0 Å². The average Bonchev–Trinajstić information content (AvgIpc) is 3.68. The van der Waals surface area contributed by atoms with Crippen molar-refractivity contribution in [2.45, 2.75) is 0 Å². The van der Waals surface area contributed by atoms with Gasteiger partial charge in [0.2, 0.25) is 0 Å². The first kappa shape index (κ1) is 14.9. The second-order valence-corrected chi connectivity index (χ2v) is 10.7. The van der Waals surface area contributed by atoms with Crippen LogP contribution >= 0.6 is 0 Å². The lowest BCUT2D eigenvalue weighted by Crippen LogP contribution is -1.92. The highest BCUT2D eigenvalue weighted by Crippen LogP contribution is 2.51. The Bertz CT molecular complexity index is 3400. The zero-order valence-corrected chi connectivity index (χ0v) is 24.4. The third kappa shape index (κ3) is 4.56. The van der Waals surface area contributed by atoms with E-state index in [2.05, 4.69) is 0 Å². The van der Waals surface area contributed by atoms with Crippen LogP contribution in [0.1, 0.15) is 23.3 Å². The largest absolute Gasteiger partial charge is 0.455 e. The first-order chi connectivity index (χ1) is 30.4. The number of furan rings is 1. The molecular formula is C46H30O. The van der Waals surface area contributed by atoms with Crippen LogP contribution in [0.25, 0.3) is 88.3 Å². The molecule has 1 heteroatoms. The van der Waals surface area contributed by atoms with Gasteiger partial charge in [0, 0.05) is 22.1 Å². The number of hydrogen-bond donors (Lipinski definition) is 0. The van der Waals surface area contributed by atoms with Crippen molar-refractivity contribution in [3.05, 3.63) is 182 Å². The van der Waals surface area contributed by atoms with Crippen LogP contribution in [0, 0.1) is 0 Å². The summed E-state index contributed by atoms with van der Waals surface area (Å²) < 4.78 is 160. The molecule has 220 valence electrons. The van der Waals surface area contributed by atoms with E-state index in [1.54, 1.807) is 48.5 Å².